The lowest BCUT2D eigenvalue weighted by atomic mass is 10.1. The zero-order valence-corrected chi connectivity index (χ0v) is 11.7. The molecule has 0 unspecified atom stereocenters. The van der Waals surface area contributed by atoms with Gasteiger partial charge in [-0.3, -0.25) is 0 Å². The Labute approximate surface area is 125 Å². The summed E-state index contributed by atoms with van der Waals surface area (Å²) in [5, 5.41) is 1.84. The van der Waals surface area contributed by atoms with Crippen molar-refractivity contribution in [2.75, 3.05) is 6.79 Å². The number of fused-ring (bicyclic) bond motifs is 1. The topological polar surface area (TPSA) is 35.1 Å². The fourth-order valence-electron chi connectivity index (χ4n) is 2.44. The molecule has 6 heteroatoms. The van der Waals surface area contributed by atoms with Crippen molar-refractivity contribution in [3.8, 4) is 11.5 Å². The minimum Gasteiger partial charge on any atom is -0.454 e. The van der Waals surface area contributed by atoms with Crippen molar-refractivity contribution in [3.05, 3.63) is 59.2 Å². The molecule has 0 atom stereocenters. The van der Waals surface area contributed by atoms with Gasteiger partial charge < -0.3 is 14.8 Å². The number of hydrogen-bond acceptors (Lipinski definition) is 2. The maximum atomic E-state index is 12.9. The first-order valence-corrected chi connectivity index (χ1v) is 6.89. The highest BCUT2D eigenvalue weighted by Crippen LogP contribution is 2.32. The number of benzene rings is 2. The normalized spacial score (nSPS) is 13.4. The van der Waals surface area contributed by atoms with E-state index in [1.165, 1.54) is 12.1 Å². The number of ether oxygens (including phenoxy) is 2. The van der Waals surface area contributed by atoms with Crippen LogP contribution in [0.3, 0.4) is 0 Å². The van der Waals surface area contributed by atoms with E-state index in [4.69, 9.17) is 9.47 Å². The van der Waals surface area contributed by atoms with Gasteiger partial charge in [0.05, 0.1) is 5.56 Å². The van der Waals surface area contributed by atoms with Gasteiger partial charge in [0.15, 0.2) is 11.5 Å². The van der Waals surface area contributed by atoms with Gasteiger partial charge >= 0.3 is 6.18 Å². The Kier molecular flexibility index (Phi) is 3.94. The van der Waals surface area contributed by atoms with Crippen LogP contribution in [0.15, 0.2) is 42.5 Å². The van der Waals surface area contributed by atoms with E-state index in [1.807, 2.05) is 23.5 Å². The summed E-state index contributed by atoms with van der Waals surface area (Å²) < 4.78 is 49.2. The minimum atomic E-state index is -4.32. The van der Waals surface area contributed by atoms with Crippen molar-refractivity contribution in [1.82, 2.24) is 0 Å². The molecule has 22 heavy (non-hydrogen) atoms. The van der Waals surface area contributed by atoms with Crippen LogP contribution in [0.1, 0.15) is 16.7 Å². The van der Waals surface area contributed by atoms with Crippen LogP contribution in [0.4, 0.5) is 13.2 Å². The quantitative estimate of drug-likeness (QED) is 0.942. The second kappa shape index (κ2) is 5.88. The van der Waals surface area contributed by atoms with E-state index in [2.05, 4.69) is 0 Å². The lowest BCUT2D eigenvalue weighted by Crippen LogP contribution is -2.80. The average Bonchev–Trinajstić information content (AvgIpc) is 2.94. The van der Waals surface area contributed by atoms with Crippen LogP contribution in [0.5, 0.6) is 11.5 Å². The Morgan fingerprint density at radius 1 is 0.955 bits per heavy atom. The molecule has 0 saturated heterocycles. The molecule has 0 amide bonds. The molecular formula is C16H15F3NO2+. The van der Waals surface area contributed by atoms with Crippen molar-refractivity contribution in [2.24, 2.45) is 0 Å². The Bertz CT molecular complexity index is 671. The third-order valence-corrected chi connectivity index (χ3v) is 3.50. The summed E-state index contributed by atoms with van der Waals surface area (Å²) in [5.41, 5.74) is 0.696. The SMILES string of the molecule is FC(F)(F)c1ccccc1C[NH2+]Cc1ccc2c(c1)OCO2. The van der Waals surface area contributed by atoms with Crippen molar-refractivity contribution in [3.63, 3.8) is 0 Å². The number of alkyl halides is 3. The average molecular weight is 310 g/mol. The van der Waals surface area contributed by atoms with Gasteiger partial charge in [0.1, 0.15) is 13.1 Å². The zero-order valence-electron chi connectivity index (χ0n) is 11.7. The molecule has 116 valence electrons. The summed E-state index contributed by atoms with van der Waals surface area (Å²) in [6.07, 6.45) is -4.32. The Balaban J connectivity index is 1.64. The summed E-state index contributed by atoms with van der Waals surface area (Å²) >= 11 is 0. The molecule has 1 aliphatic heterocycles. The van der Waals surface area contributed by atoms with Gasteiger partial charge in [-0.05, 0) is 24.3 Å². The highest BCUT2D eigenvalue weighted by atomic mass is 19.4. The first-order chi connectivity index (χ1) is 10.5. The van der Waals surface area contributed by atoms with E-state index in [0.717, 1.165) is 11.6 Å². The molecule has 0 aliphatic carbocycles. The molecule has 0 radical (unpaired) electrons. The Morgan fingerprint density at radius 3 is 2.55 bits per heavy atom. The van der Waals surface area contributed by atoms with Crippen LogP contribution in [0.25, 0.3) is 0 Å². The standard InChI is InChI=1S/C16H14F3NO2/c17-16(18,19)13-4-2-1-3-12(13)9-20-8-11-5-6-14-15(7-11)22-10-21-14/h1-7,20H,8-10H2/p+1. The monoisotopic (exact) mass is 310 g/mol. The fourth-order valence-corrected chi connectivity index (χ4v) is 2.44. The molecule has 2 aromatic carbocycles. The predicted octanol–water partition coefficient (Wildman–Crippen LogP) is 2.70. The predicted molar refractivity (Wildman–Crippen MR) is 73.3 cm³/mol. The summed E-state index contributed by atoms with van der Waals surface area (Å²) in [7, 11) is 0. The minimum absolute atomic E-state index is 0.210. The number of halogens is 3. The van der Waals surface area contributed by atoms with E-state index in [1.54, 1.807) is 6.07 Å². The van der Waals surface area contributed by atoms with Gasteiger partial charge in [-0.15, -0.1) is 0 Å². The molecule has 0 spiro atoms. The van der Waals surface area contributed by atoms with Gasteiger partial charge in [0, 0.05) is 11.1 Å². The van der Waals surface area contributed by atoms with Crippen LogP contribution in [0.2, 0.25) is 0 Å². The van der Waals surface area contributed by atoms with Crippen LogP contribution in [-0.2, 0) is 19.3 Å². The number of quaternary nitrogens is 1. The van der Waals surface area contributed by atoms with Gasteiger partial charge in [0.25, 0.3) is 0 Å². The van der Waals surface area contributed by atoms with E-state index in [0.29, 0.717) is 18.0 Å². The first kappa shape index (κ1) is 14.7. The molecule has 0 fully saturated rings. The second-order valence-corrected chi connectivity index (χ2v) is 5.04. The summed E-state index contributed by atoms with van der Waals surface area (Å²) in [5.74, 6) is 1.38. The molecule has 1 heterocycles. The molecule has 0 saturated carbocycles. The van der Waals surface area contributed by atoms with E-state index in [9.17, 15) is 13.2 Å². The summed E-state index contributed by atoms with van der Waals surface area (Å²) in [6.45, 7) is 1.05. The highest BCUT2D eigenvalue weighted by molar-refractivity contribution is 5.44. The zero-order chi connectivity index (χ0) is 15.6. The molecule has 2 aromatic rings. The smallest absolute Gasteiger partial charge is 0.416 e. The van der Waals surface area contributed by atoms with E-state index < -0.39 is 11.7 Å². The molecule has 0 bridgehead atoms. The number of hydrogen-bond donors (Lipinski definition) is 1. The molecular weight excluding hydrogens is 295 g/mol. The van der Waals surface area contributed by atoms with Gasteiger partial charge in [-0.2, -0.15) is 13.2 Å². The van der Waals surface area contributed by atoms with Crippen molar-refractivity contribution >= 4 is 0 Å². The molecule has 3 nitrogen and oxygen atoms in total. The van der Waals surface area contributed by atoms with E-state index in [-0.39, 0.29) is 18.9 Å². The van der Waals surface area contributed by atoms with Crippen LogP contribution in [0, 0.1) is 0 Å². The van der Waals surface area contributed by atoms with Gasteiger partial charge in [-0.25, -0.2) is 0 Å². The largest absolute Gasteiger partial charge is 0.454 e. The van der Waals surface area contributed by atoms with Gasteiger partial charge in [0.2, 0.25) is 6.79 Å². The summed E-state index contributed by atoms with van der Waals surface area (Å²) in [4.78, 5) is 0. The highest BCUT2D eigenvalue weighted by Gasteiger charge is 2.33. The third-order valence-electron chi connectivity index (χ3n) is 3.50. The Hall–Kier alpha value is -2.21. The number of nitrogens with two attached hydrogens (primary N) is 1. The maximum absolute atomic E-state index is 12.9. The lowest BCUT2D eigenvalue weighted by Gasteiger charge is -2.11. The second-order valence-electron chi connectivity index (χ2n) is 5.04. The van der Waals surface area contributed by atoms with Crippen LogP contribution in [-0.4, -0.2) is 6.79 Å². The molecule has 1 aliphatic rings. The lowest BCUT2D eigenvalue weighted by molar-refractivity contribution is -0.686. The van der Waals surface area contributed by atoms with Crippen LogP contribution >= 0.6 is 0 Å². The van der Waals surface area contributed by atoms with Crippen molar-refractivity contribution in [1.29, 1.82) is 0 Å². The molecule has 3 rings (SSSR count). The first-order valence-electron chi connectivity index (χ1n) is 6.89. The van der Waals surface area contributed by atoms with Crippen molar-refractivity contribution in [2.45, 2.75) is 19.3 Å². The fraction of sp³-hybridized carbons (Fsp3) is 0.250. The Morgan fingerprint density at radius 2 is 1.73 bits per heavy atom. The maximum Gasteiger partial charge on any atom is 0.416 e. The third kappa shape index (κ3) is 3.17. The molecule has 2 N–H and O–H groups in total. The summed E-state index contributed by atoms with van der Waals surface area (Å²) in [6, 6.07) is 11.2. The van der Waals surface area contributed by atoms with Crippen LogP contribution < -0.4 is 14.8 Å². The number of rotatable bonds is 4. The molecule has 0 aromatic heterocycles. The van der Waals surface area contributed by atoms with E-state index >= 15 is 0 Å². The van der Waals surface area contributed by atoms with Crippen molar-refractivity contribution < 1.29 is 28.0 Å². The van der Waals surface area contributed by atoms with Gasteiger partial charge in [-0.1, -0.05) is 18.2 Å².